The Bertz CT molecular complexity index is 1320. The fourth-order valence-corrected chi connectivity index (χ4v) is 4.53. The van der Waals surface area contributed by atoms with Crippen molar-refractivity contribution in [3.05, 3.63) is 46.5 Å². The van der Waals surface area contributed by atoms with E-state index < -0.39 is 24.5 Å². The number of halogens is 3. The van der Waals surface area contributed by atoms with Gasteiger partial charge in [-0.25, -0.2) is 18.2 Å². The predicted octanol–water partition coefficient (Wildman–Crippen LogP) is 2.42. The maximum atomic E-state index is 13.3. The van der Waals surface area contributed by atoms with E-state index in [9.17, 15) is 22.8 Å². The van der Waals surface area contributed by atoms with Gasteiger partial charge in [-0.05, 0) is 25.0 Å². The Kier molecular flexibility index (Phi) is 6.56. The number of piperidine rings is 1. The maximum Gasteiger partial charge on any atom is 0.274 e. The van der Waals surface area contributed by atoms with Gasteiger partial charge in [-0.2, -0.15) is 9.61 Å². The minimum atomic E-state index is -2.37. The van der Waals surface area contributed by atoms with Crippen LogP contribution in [0.4, 0.5) is 30.5 Å². The first-order valence-electron chi connectivity index (χ1n) is 11.8. The highest BCUT2D eigenvalue weighted by Gasteiger charge is 2.39. The van der Waals surface area contributed by atoms with Crippen molar-refractivity contribution in [2.45, 2.75) is 43.9 Å². The average molecular weight is 505 g/mol. The van der Waals surface area contributed by atoms with E-state index in [1.54, 1.807) is 40.9 Å². The minimum absolute atomic E-state index is 0.0941. The summed E-state index contributed by atoms with van der Waals surface area (Å²) in [6.45, 7) is 0.743. The van der Waals surface area contributed by atoms with E-state index in [1.165, 1.54) is 10.7 Å². The summed E-state index contributed by atoms with van der Waals surface area (Å²) in [6.07, 6.45) is 1.14. The smallest absolute Gasteiger partial charge is 0.274 e. The van der Waals surface area contributed by atoms with E-state index in [0.29, 0.717) is 44.0 Å². The molecule has 1 amide bonds. The van der Waals surface area contributed by atoms with Crippen LogP contribution in [0.2, 0.25) is 0 Å². The van der Waals surface area contributed by atoms with Gasteiger partial charge in [-0.15, -0.1) is 0 Å². The number of carbonyl (C=O) groups is 1. The standard InChI is InChI=1S/C23H27F3N8O2/c1-27-20-10-19(31-21-14(11-28-34(20)21)22(35)30-17-9-15(17)24)29-16-3-2-6-33(23(16)36)13-4-7-32(8-5-13)12-18(25)26/h2-3,6,10-11,13,15,17-18,27H,4-5,7-9,12H2,1H3,(H,29,31)(H,30,35)/t15-,17+/m1/s1. The number of amides is 1. The van der Waals surface area contributed by atoms with Crippen LogP contribution < -0.4 is 21.5 Å². The lowest BCUT2D eigenvalue weighted by Crippen LogP contribution is -2.39. The fourth-order valence-electron chi connectivity index (χ4n) is 4.53. The molecule has 3 aromatic rings. The van der Waals surface area contributed by atoms with E-state index in [4.69, 9.17) is 0 Å². The molecule has 1 aliphatic heterocycles. The third-order valence-electron chi connectivity index (χ3n) is 6.59. The second-order valence-electron chi connectivity index (χ2n) is 9.08. The molecule has 2 aliphatic rings. The number of hydrogen-bond acceptors (Lipinski definition) is 7. The average Bonchev–Trinajstić information content (AvgIpc) is 3.37. The second-order valence-corrected chi connectivity index (χ2v) is 9.08. The number of pyridine rings is 1. The summed E-state index contributed by atoms with van der Waals surface area (Å²) in [6, 6.07) is 4.44. The lowest BCUT2D eigenvalue weighted by atomic mass is 10.0. The molecule has 2 atom stereocenters. The third-order valence-corrected chi connectivity index (χ3v) is 6.59. The molecule has 0 radical (unpaired) electrons. The Hall–Kier alpha value is -3.61. The van der Waals surface area contributed by atoms with Gasteiger partial charge in [-0.3, -0.25) is 14.5 Å². The van der Waals surface area contributed by atoms with Gasteiger partial charge < -0.3 is 20.5 Å². The molecule has 3 N–H and O–H groups in total. The van der Waals surface area contributed by atoms with Crippen LogP contribution in [0.15, 0.2) is 35.4 Å². The van der Waals surface area contributed by atoms with Crippen LogP contribution in [0.5, 0.6) is 0 Å². The molecule has 0 unspecified atom stereocenters. The van der Waals surface area contributed by atoms with Crippen LogP contribution in [-0.4, -0.2) is 75.3 Å². The molecule has 0 spiro atoms. The summed E-state index contributed by atoms with van der Waals surface area (Å²) in [7, 11) is 1.69. The molecule has 192 valence electrons. The molecule has 0 aromatic carbocycles. The largest absolute Gasteiger partial charge is 0.373 e. The number of fused-ring (bicyclic) bond motifs is 1. The van der Waals surface area contributed by atoms with Gasteiger partial charge >= 0.3 is 0 Å². The number of rotatable bonds is 8. The molecule has 4 heterocycles. The van der Waals surface area contributed by atoms with Gasteiger partial charge in [-0.1, -0.05) is 0 Å². The molecule has 1 aliphatic carbocycles. The number of likely N-dealkylation sites (tertiary alicyclic amines) is 1. The topological polar surface area (TPSA) is 109 Å². The van der Waals surface area contributed by atoms with Gasteiger partial charge in [0.1, 0.15) is 29.1 Å². The number of aromatic nitrogens is 4. The molecule has 1 saturated carbocycles. The Morgan fingerprint density at radius 2 is 2.03 bits per heavy atom. The van der Waals surface area contributed by atoms with Crippen LogP contribution in [-0.2, 0) is 0 Å². The van der Waals surface area contributed by atoms with Crippen molar-refractivity contribution in [2.75, 3.05) is 37.3 Å². The van der Waals surface area contributed by atoms with Gasteiger partial charge in [0.25, 0.3) is 17.9 Å². The summed E-state index contributed by atoms with van der Waals surface area (Å²) in [4.78, 5) is 32.1. The normalized spacial score (nSPS) is 20.6. The summed E-state index contributed by atoms with van der Waals surface area (Å²) < 4.78 is 41.7. The van der Waals surface area contributed by atoms with Gasteiger partial charge in [0.05, 0.1) is 18.8 Å². The molecule has 10 nitrogen and oxygen atoms in total. The number of alkyl halides is 3. The Morgan fingerprint density at radius 3 is 2.69 bits per heavy atom. The third kappa shape index (κ3) is 4.87. The van der Waals surface area contributed by atoms with Crippen molar-refractivity contribution in [2.24, 2.45) is 0 Å². The van der Waals surface area contributed by atoms with Crippen LogP contribution in [0.25, 0.3) is 5.65 Å². The SMILES string of the molecule is CNc1cc(Nc2cccn(C3CCN(CC(F)F)CC3)c2=O)nc2c(C(=O)N[C@H]3C[C@H]3F)cnn12. The molecule has 1 saturated heterocycles. The van der Waals surface area contributed by atoms with E-state index in [-0.39, 0.29) is 35.0 Å². The monoisotopic (exact) mass is 504 g/mol. The molecule has 13 heteroatoms. The summed E-state index contributed by atoms with van der Waals surface area (Å²) >= 11 is 0. The summed E-state index contributed by atoms with van der Waals surface area (Å²) in [5.41, 5.74) is 0.470. The van der Waals surface area contributed by atoms with E-state index >= 15 is 0 Å². The van der Waals surface area contributed by atoms with Crippen molar-refractivity contribution in [1.82, 2.24) is 29.4 Å². The van der Waals surface area contributed by atoms with Crippen molar-refractivity contribution >= 4 is 28.9 Å². The molecule has 0 bridgehead atoms. The highest BCUT2D eigenvalue weighted by molar-refractivity contribution is 6.00. The Balaban J connectivity index is 1.38. The molecular formula is C23H27F3N8O2. The van der Waals surface area contributed by atoms with Crippen LogP contribution in [0, 0.1) is 0 Å². The van der Waals surface area contributed by atoms with Crippen molar-refractivity contribution < 1.29 is 18.0 Å². The van der Waals surface area contributed by atoms with E-state index in [2.05, 4.69) is 26.0 Å². The number of hydrogen-bond donors (Lipinski definition) is 3. The van der Waals surface area contributed by atoms with E-state index in [0.717, 1.165) is 0 Å². The van der Waals surface area contributed by atoms with Gasteiger partial charge in [0.15, 0.2) is 5.65 Å². The first kappa shape index (κ1) is 24.1. The summed E-state index contributed by atoms with van der Waals surface area (Å²) in [5, 5.41) is 12.9. The predicted molar refractivity (Wildman–Crippen MR) is 128 cm³/mol. The zero-order chi connectivity index (χ0) is 25.4. The zero-order valence-corrected chi connectivity index (χ0v) is 19.6. The highest BCUT2D eigenvalue weighted by Crippen LogP contribution is 2.27. The summed E-state index contributed by atoms with van der Waals surface area (Å²) in [5.74, 6) is 0.374. The van der Waals surface area contributed by atoms with Crippen LogP contribution in [0.1, 0.15) is 35.7 Å². The number of carbonyl (C=O) groups excluding carboxylic acids is 1. The van der Waals surface area contributed by atoms with E-state index in [1.807, 2.05) is 0 Å². The number of nitrogens with zero attached hydrogens (tertiary/aromatic N) is 5. The maximum absolute atomic E-state index is 13.3. The molecular weight excluding hydrogens is 477 g/mol. The number of anilines is 3. The molecule has 5 rings (SSSR count). The Labute approximate surface area is 204 Å². The van der Waals surface area contributed by atoms with Crippen LogP contribution in [0.3, 0.4) is 0 Å². The lowest BCUT2D eigenvalue weighted by molar-refractivity contribution is 0.0699. The van der Waals surface area contributed by atoms with Crippen LogP contribution >= 0.6 is 0 Å². The first-order valence-corrected chi connectivity index (χ1v) is 11.8. The van der Waals surface area contributed by atoms with Crippen molar-refractivity contribution in [3.63, 3.8) is 0 Å². The minimum Gasteiger partial charge on any atom is -0.373 e. The molecule has 36 heavy (non-hydrogen) atoms. The fraction of sp³-hybridized carbons (Fsp3) is 0.478. The van der Waals surface area contributed by atoms with Gasteiger partial charge in [0.2, 0.25) is 0 Å². The van der Waals surface area contributed by atoms with Crippen molar-refractivity contribution in [3.8, 4) is 0 Å². The quantitative estimate of drug-likeness (QED) is 0.432. The second kappa shape index (κ2) is 9.80. The number of nitrogens with one attached hydrogen (secondary N) is 3. The molecule has 3 aromatic heterocycles. The zero-order valence-electron chi connectivity index (χ0n) is 19.6. The van der Waals surface area contributed by atoms with Crippen molar-refractivity contribution in [1.29, 1.82) is 0 Å². The lowest BCUT2D eigenvalue weighted by Gasteiger charge is -2.32. The molecule has 2 fully saturated rings. The highest BCUT2D eigenvalue weighted by atomic mass is 19.3. The Morgan fingerprint density at radius 1 is 1.28 bits per heavy atom. The first-order chi connectivity index (χ1) is 17.3. The van der Waals surface area contributed by atoms with Gasteiger partial charge in [0, 0.05) is 44.9 Å².